The van der Waals surface area contributed by atoms with Crippen molar-refractivity contribution in [2.24, 2.45) is 0 Å². The zero-order chi connectivity index (χ0) is 12.5. The standard InChI is InChI=1S/C13H17NO3/c1-2-17-13(16)4-3-9-14-10-11-5-7-12(15)8-6-11/h3-8,14-15H,2,9-10H2,1H3/b4-3+. The fraction of sp³-hybridized carbons (Fsp3) is 0.308. The largest absolute Gasteiger partial charge is 0.508 e. The van der Waals surface area contributed by atoms with Crippen LogP contribution in [-0.4, -0.2) is 24.2 Å². The van der Waals surface area contributed by atoms with Crippen molar-refractivity contribution in [2.45, 2.75) is 13.5 Å². The van der Waals surface area contributed by atoms with Crippen LogP contribution < -0.4 is 5.32 Å². The van der Waals surface area contributed by atoms with Crippen LogP contribution in [0.5, 0.6) is 5.75 Å². The van der Waals surface area contributed by atoms with Crippen molar-refractivity contribution in [3.8, 4) is 5.75 Å². The summed E-state index contributed by atoms with van der Waals surface area (Å²) in [5.74, 6) is -0.0603. The van der Waals surface area contributed by atoms with Gasteiger partial charge in [0.2, 0.25) is 0 Å². The third-order valence-electron chi connectivity index (χ3n) is 2.07. The molecule has 0 heterocycles. The molecule has 0 unspecified atom stereocenters. The first-order chi connectivity index (χ1) is 8.22. The second-order valence-electron chi connectivity index (χ2n) is 3.45. The summed E-state index contributed by atoms with van der Waals surface area (Å²) in [5, 5.41) is 12.2. The minimum absolute atomic E-state index is 0.260. The first-order valence-electron chi connectivity index (χ1n) is 5.54. The number of hydrogen-bond acceptors (Lipinski definition) is 4. The number of rotatable bonds is 6. The molecule has 0 fully saturated rings. The lowest BCUT2D eigenvalue weighted by Crippen LogP contribution is -2.13. The van der Waals surface area contributed by atoms with Gasteiger partial charge >= 0.3 is 5.97 Å². The van der Waals surface area contributed by atoms with Crippen LogP contribution in [0.1, 0.15) is 12.5 Å². The Morgan fingerprint density at radius 3 is 2.76 bits per heavy atom. The van der Waals surface area contributed by atoms with Gasteiger partial charge in [0.05, 0.1) is 6.61 Å². The number of ether oxygens (including phenoxy) is 1. The predicted molar refractivity (Wildman–Crippen MR) is 65.6 cm³/mol. The fourth-order valence-corrected chi connectivity index (χ4v) is 1.26. The summed E-state index contributed by atoms with van der Waals surface area (Å²) in [7, 11) is 0. The van der Waals surface area contributed by atoms with Crippen molar-refractivity contribution >= 4 is 5.97 Å². The molecule has 0 aliphatic rings. The third kappa shape index (κ3) is 5.73. The Morgan fingerprint density at radius 2 is 2.12 bits per heavy atom. The molecule has 1 rings (SSSR count). The molecule has 0 saturated heterocycles. The number of nitrogens with one attached hydrogen (secondary N) is 1. The Hall–Kier alpha value is -1.81. The number of esters is 1. The van der Waals surface area contributed by atoms with E-state index in [1.165, 1.54) is 6.08 Å². The van der Waals surface area contributed by atoms with Gasteiger partial charge in [0.25, 0.3) is 0 Å². The van der Waals surface area contributed by atoms with E-state index in [0.29, 0.717) is 19.7 Å². The summed E-state index contributed by atoms with van der Waals surface area (Å²) in [6, 6.07) is 6.98. The number of phenolic OH excluding ortho intramolecular Hbond substituents is 1. The maximum Gasteiger partial charge on any atom is 0.330 e. The molecule has 4 heteroatoms. The monoisotopic (exact) mass is 235 g/mol. The van der Waals surface area contributed by atoms with Gasteiger partial charge in [-0.2, -0.15) is 0 Å². The second-order valence-corrected chi connectivity index (χ2v) is 3.45. The molecule has 0 spiro atoms. The molecule has 0 amide bonds. The highest BCUT2D eigenvalue weighted by molar-refractivity contribution is 5.81. The van der Waals surface area contributed by atoms with E-state index >= 15 is 0 Å². The molecule has 0 atom stereocenters. The molecule has 0 radical (unpaired) electrons. The van der Waals surface area contributed by atoms with Gasteiger partial charge < -0.3 is 15.2 Å². The number of hydrogen-bond donors (Lipinski definition) is 2. The Bertz CT molecular complexity index is 371. The van der Waals surface area contributed by atoms with Gasteiger partial charge in [-0.1, -0.05) is 18.2 Å². The molecular weight excluding hydrogens is 218 g/mol. The predicted octanol–water partition coefficient (Wildman–Crippen LogP) is 1.60. The maximum atomic E-state index is 10.9. The summed E-state index contributed by atoms with van der Waals surface area (Å²) in [6.45, 7) is 3.45. The van der Waals surface area contributed by atoms with Gasteiger partial charge in [-0.05, 0) is 24.6 Å². The Kier molecular flexibility index (Phi) is 5.82. The van der Waals surface area contributed by atoms with Crippen molar-refractivity contribution in [1.29, 1.82) is 0 Å². The molecule has 2 N–H and O–H groups in total. The highest BCUT2D eigenvalue weighted by atomic mass is 16.5. The summed E-state index contributed by atoms with van der Waals surface area (Å²) < 4.78 is 4.74. The van der Waals surface area contributed by atoms with E-state index in [1.54, 1.807) is 25.1 Å². The van der Waals surface area contributed by atoms with Crippen LogP contribution in [0.2, 0.25) is 0 Å². The third-order valence-corrected chi connectivity index (χ3v) is 2.07. The smallest absolute Gasteiger partial charge is 0.330 e. The highest BCUT2D eigenvalue weighted by Gasteiger charge is 1.93. The van der Waals surface area contributed by atoms with Crippen molar-refractivity contribution < 1.29 is 14.6 Å². The topological polar surface area (TPSA) is 58.6 Å². The quantitative estimate of drug-likeness (QED) is 0.447. The lowest BCUT2D eigenvalue weighted by Gasteiger charge is -2.02. The van der Waals surface area contributed by atoms with Crippen molar-refractivity contribution in [1.82, 2.24) is 5.32 Å². The van der Waals surface area contributed by atoms with Gasteiger partial charge in [0, 0.05) is 19.2 Å². The SMILES string of the molecule is CCOC(=O)/C=C/CNCc1ccc(O)cc1. The van der Waals surface area contributed by atoms with Gasteiger partial charge in [-0.3, -0.25) is 0 Å². The van der Waals surface area contributed by atoms with E-state index in [9.17, 15) is 4.79 Å². The molecule has 1 aromatic rings. The van der Waals surface area contributed by atoms with Crippen LogP contribution in [-0.2, 0) is 16.1 Å². The Labute approximate surface area is 101 Å². The van der Waals surface area contributed by atoms with Gasteiger partial charge in [0.1, 0.15) is 5.75 Å². The summed E-state index contributed by atoms with van der Waals surface area (Å²) in [4.78, 5) is 10.9. The Balaban J connectivity index is 2.20. The van der Waals surface area contributed by atoms with Crippen LogP contribution in [0.15, 0.2) is 36.4 Å². The summed E-state index contributed by atoms with van der Waals surface area (Å²) in [6.07, 6.45) is 3.13. The average Bonchev–Trinajstić information content (AvgIpc) is 2.31. The molecule has 0 saturated carbocycles. The molecule has 0 aliphatic carbocycles. The van der Waals surface area contributed by atoms with Crippen LogP contribution in [0.4, 0.5) is 0 Å². The first-order valence-corrected chi connectivity index (χ1v) is 5.54. The van der Waals surface area contributed by atoms with Crippen LogP contribution in [0.3, 0.4) is 0 Å². The fourth-order valence-electron chi connectivity index (χ4n) is 1.26. The highest BCUT2D eigenvalue weighted by Crippen LogP contribution is 2.08. The zero-order valence-corrected chi connectivity index (χ0v) is 9.85. The van der Waals surface area contributed by atoms with Crippen molar-refractivity contribution in [3.05, 3.63) is 42.0 Å². The van der Waals surface area contributed by atoms with E-state index in [4.69, 9.17) is 9.84 Å². The number of carbonyl (C=O) groups excluding carboxylic acids is 1. The Morgan fingerprint density at radius 1 is 1.41 bits per heavy atom. The van der Waals surface area contributed by atoms with E-state index in [0.717, 1.165) is 5.56 Å². The lowest BCUT2D eigenvalue weighted by molar-refractivity contribution is -0.137. The zero-order valence-electron chi connectivity index (χ0n) is 9.85. The minimum atomic E-state index is -0.320. The normalized spacial score (nSPS) is 10.6. The lowest BCUT2D eigenvalue weighted by atomic mass is 10.2. The summed E-state index contributed by atoms with van der Waals surface area (Å²) >= 11 is 0. The van der Waals surface area contributed by atoms with Crippen LogP contribution in [0, 0.1) is 0 Å². The van der Waals surface area contributed by atoms with Gasteiger partial charge in [0.15, 0.2) is 0 Å². The van der Waals surface area contributed by atoms with E-state index in [2.05, 4.69) is 5.32 Å². The average molecular weight is 235 g/mol. The molecule has 0 bridgehead atoms. The first kappa shape index (κ1) is 13.3. The molecule has 4 nitrogen and oxygen atoms in total. The van der Waals surface area contributed by atoms with E-state index in [-0.39, 0.29) is 11.7 Å². The van der Waals surface area contributed by atoms with Crippen molar-refractivity contribution in [2.75, 3.05) is 13.2 Å². The molecule has 0 aromatic heterocycles. The number of aromatic hydroxyl groups is 1. The van der Waals surface area contributed by atoms with Crippen LogP contribution in [0.25, 0.3) is 0 Å². The van der Waals surface area contributed by atoms with Crippen molar-refractivity contribution in [3.63, 3.8) is 0 Å². The second kappa shape index (κ2) is 7.46. The van der Waals surface area contributed by atoms with Gasteiger partial charge in [-0.25, -0.2) is 4.79 Å². The molecule has 0 aliphatic heterocycles. The number of phenols is 1. The molecular formula is C13H17NO3. The molecule has 1 aromatic carbocycles. The molecule has 92 valence electrons. The number of carbonyl (C=O) groups is 1. The minimum Gasteiger partial charge on any atom is -0.508 e. The molecule has 17 heavy (non-hydrogen) atoms. The maximum absolute atomic E-state index is 10.9. The van der Waals surface area contributed by atoms with E-state index in [1.807, 2.05) is 12.1 Å². The van der Waals surface area contributed by atoms with E-state index < -0.39 is 0 Å². The summed E-state index contributed by atoms with van der Waals surface area (Å²) in [5.41, 5.74) is 1.08. The number of benzene rings is 1. The van der Waals surface area contributed by atoms with Crippen LogP contribution >= 0.6 is 0 Å². The van der Waals surface area contributed by atoms with Gasteiger partial charge in [-0.15, -0.1) is 0 Å².